The molecule has 0 N–H and O–H groups in total. The molecule has 0 saturated heterocycles. The van der Waals surface area contributed by atoms with Crippen LogP contribution in [-0.2, 0) is 21.7 Å². The van der Waals surface area contributed by atoms with E-state index in [0.29, 0.717) is 6.67 Å². The predicted octanol–water partition coefficient (Wildman–Crippen LogP) is 20.8. The van der Waals surface area contributed by atoms with Gasteiger partial charge in [0.1, 0.15) is 24.0 Å². The molecule has 13 rings (SSSR count). The minimum Gasteiger partial charge on any atom is -0.457 e. The van der Waals surface area contributed by atoms with Gasteiger partial charge in [0.05, 0.1) is 33.4 Å². The Balaban J connectivity index is 1.02. The molecule has 0 saturated carbocycles. The van der Waals surface area contributed by atoms with E-state index in [9.17, 15) is 0 Å². The lowest BCUT2D eigenvalue weighted by Gasteiger charge is -2.30. The van der Waals surface area contributed by atoms with Gasteiger partial charge in [-0.2, -0.15) is 0 Å². The largest absolute Gasteiger partial charge is 0.457 e. The second-order valence-corrected chi connectivity index (χ2v) is 26.6. The summed E-state index contributed by atoms with van der Waals surface area (Å²) < 4.78 is 12.3. The van der Waals surface area contributed by atoms with Crippen LogP contribution in [0, 0.1) is 0 Å². The number of fused-ring (bicyclic) bond motifs is 7. The summed E-state index contributed by atoms with van der Waals surface area (Å²) >= 11 is 0. The Morgan fingerprint density at radius 1 is 0.390 bits per heavy atom. The summed E-state index contributed by atoms with van der Waals surface area (Å²) in [5, 5.41) is 4.63. The molecule has 1 aliphatic heterocycles. The van der Waals surface area contributed by atoms with E-state index in [1.807, 2.05) is 6.20 Å². The zero-order chi connectivity index (χ0) is 57.0. The second kappa shape index (κ2) is 19.4. The topological polar surface area (TPSA) is 38.5 Å². The van der Waals surface area contributed by atoms with Crippen molar-refractivity contribution in [3.8, 4) is 45.3 Å². The number of ether oxygens (including phenoxy) is 1. The van der Waals surface area contributed by atoms with Crippen LogP contribution in [0.15, 0.2) is 212 Å². The number of nitrogens with zero attached hydrogens (tertiary/aromatic N) is 5. The predicted molar refractivity (Wildman–Crippen MR) is 347 cm³/mol. The molecule has 408 valence electrons. The molecular weight excluding hydrogens is 999 g/mol. The third-order valence-electron chi connectivity index (χ3n) is 16.8. The third-order valence-corrected chi connectivity index (χ3v) is 16.8. The van der Waals surface area contributed by atoms with Crippen LogP contribution in [0.5, 0.6) is 11.5 Å². The van der Waals surface area contributed by atoms with Crippen molar-refractivity contribution in [1.29, 1.82) is 0 Å². The molecule has 0 aliphatic carbocycles. The molecule has 0 unspecified atom stereocenters. The number of rotatable bonds is 8. The number of hydrogen-bond acceptors (Lipinski definition) is 4. The molecule has 0 spiro atoms. The van der Waals surface area contributed by atoms with E-state index in [-0.39, 0.29) is 21.7 Å². The smallest absolute Gasteiger partial charge is 0.138 e. The molecule has 12 aromatic rings. The van der Waals surface area contributed by atoms with Crippen molar-refractivity contribution >= 4 is 66.4 Å². The maximum absolute atomic E-state index is 7.55. The van der Waals surface area contributed by atoms with Gasteiger partial charge in [-0.15, -0.1) is 0 Å². The number of pyridine rings is 1. The second-order valence-electron chi connectivity index (χ2n) is 26.6. The highest BCUT2D eigenvalue weighted by Crippen LogP contribution is 2.50. The molecule has 0 radical (unpaired) electrons. The fourth-order valence-electron chi connectivity index (χ4n) is 12.6. The van der Waals surface area contributed by atoms with Gasteiger partial charge in [-0.3, -0.25) is 4.57 Å². The summed E-state index contributed by atoms with van der Waals surface area (Å²) in [6.45, 7) is 28.4. The lowest BCUT2D eigenvalue weighted by atomic mass is 9.74. The Morgan fingerprint density at radius 2 is 0.939 bits per heavy atom. The maximum atomic E-state index is 7.55. The fourth-order valence-corrected chi connectivity index (χ4v) is 12.6. The van der Waals surface area contributed by atoms with Crippen molar-refractivity contribution in [2.45, 2.75) is 105 Å². The van der Waals surface area contributed by atoms with E-state index in [4.69, 9.17) is 9.72 Å². The Hall–Kier alpha value is -8.87. The number of benzene rings is 9. The van der Waals surface area contributed by atoms with Gasteiger partial charge in [0.15, 0.2) is 0 Å². The monoisotopic (exact) mass is 1070 g/mol. The van der Waals surface area contributed by atoms with Gasteiger partial charge >= 0.3 is 0 Å². The van der Waals surface area contributed by atoms with Crippen LogP contribution in [0.3, 0.4) is 0 Å². The molecule has 0 amide bonds. The first kappa shape index (κ1) is 52.5. The Kier molecular flexibility index (Phi) is 12.4. The minimum absolute atomic E-state index is 0.0184. The highest BCUT2D eigenvalue weighted by molar-refractivity contribution is 6.16. The SMILES string of the molecule is CC(C)(C)c1cc(N2CN(c3cccc(Oc4cc5c(cc4-c4cccc6c7ccccc7n(-c7ccccc7)c46)c4ccccc4n5-c4cc(-c5c(C(C)(C)C)cccc5C(C)(C)C)ccn4)c3)c3ccccc32)cc(C(C)(C)C)c1. The van der Waals surface area contributed by atoms with Crippen molar-refractivity contribution < 1.29 is 4.74 Å². The zero-order valence-electron chi connectivity index (χ0n) is 49.6. The van der Waals surface area contributed by atoms with E-state index in [1.54, 1.807) is 0 Å². The van der Waals surface area contributed by atoms with Crippen LogP contribution in [0.2, 0.25) is 0 Å². The number of para-hydroxylation sites is 6. The first-order valence-corrected chi connectivity index (χ1v) is 29.0. The Morgan fingerprint density at radius 3 is 1.59 bits per heavy atom. The van der Waals surface area contributed by atoms with Crippen LogP contribution in [-0.4, -0.2) is 20.8 Å². The lowest BCUT2D eigenvalue weighted by Crippen LogP contribution is -2.25. The van der Waals surface area contributed by atoms with Crippen LogP contribution in [0.1, 0.15) is 105 Å². The molecule has 1 aliphatic rings. The van der Waals surface area contributed by atoms with E-state index in [0.717, 1.165) is 83.9 Å². The lowest BCUT2D eigenvalue weighted by molar-refractivity contribution is 0.485. The number of hydrogen-bond donors (Lipinski definition) is 0. The maximum Gasteiger partial charge on any atom is 0.138 e. The molecule has 82 heavy (non-hydrogen) atoms. The van der Waals surface area contributed by atoms with Crippen LogP contribution in [0.25, 0.3) is 77.4 Å². The molecule has 4 heterocycles. The summed E-state index contributed by atoms with van der Waals surface area (Å²) in [4.78, 5) is 10.1. The van der Waals surface area contributed by atoms with Gasteiger partial charge in [-0.05, 0) is 134 Å². The first-order valence-electron chi connectivity index (χ1n) is 29.0. The summed E-state index contributed by atoms with van der Waals surface area (Å²) in [6, 6.07) is 75.6. The van der Waals surface area contributed by atoms with Crippen LogP contribution in [0.4, 0.5) is 22.7 Å². The molecule has 0 fully saturated rings. The van der Waals surface area contributed by atoms with Crippen molar-refractivity contribution in [1.82, 2.24) is 14.1 Å². The van der Waals surface area contributed by atoms with Gasteiger partial charge in [0.25, 0.3) is 0 Å². The zero-order valence-corrected chi connectivity index (χ0v) is 49.6. The average molecular weight is 1070 g/mol. The van der Waals surface area contributed by atoms with E-state index < -0.39 is 0 Å². The van der Waals surface area contributed by atoms with Gasteiger partial charge in [-0.1, -0.05) is 198 Å². The van der Waals surface area contributed by atoms with E-state index >= 15 is 0 Å². The van der Waals surface area contributed by atoms with Gasteiger partial charge < -0.3 is 19.1 Å². The summed E-state index contributed by atoms with van der Waals surface area (Å²) in [5.41, 5.74) is 19.6. The quantitative estimate of drug-likeness (QED) is 0.152. The van der Waals surface area contributed by atoms with Gasteiger partial charge in [0, 0.05) is 68.1 Å². The van der Waals surface area contributed by atoms with Crippen molar-refractivity contribution in [3.63, 3.8) is 0 Å². The third kappa shape index (κ3) is 9.09. The van der Waals surface area contributed by atoms with Crippen molar-refractivity contribution in [3.05, 3.63) is 235 Å². The molecule has 9 aromatic carbocycles. The summed E-state index contributed by atoms with van der Waals surface area (Å²) in [5.74, 6) is 2.33. The molecule has 0 atom stereocenters. The fraction of sp³-hybridized carbons (Fsp3) is 0.224. The highest BCUT2D eigenvalue weighted by atomic mass is 16.5. The first-order chi connectivity index (χ1) is 39.2. The summed E-state index contributed by atoms with van der Waals surface area (Å²) in [7, 11) is 0. The standard InChI is InChI=1S/C76H73N5O/c1-73(2,3)50-42-51(74(4,5)6)44-54(43-50)79-48-78(66-37-20-21-38-67(66)79)53-27-22-28-55(45-53)82-69-47-68-60(46-61(69)59-32-23-31-58-56-29-16-18-35-64(56)80(72(58)59)52-25-14-13-15-26-52)57-30-17-19-36-65(57)81(68)70-41-49(39-40-77-70)71-62(75(7,8)9)33-24-34-63(71)76(10,11)12/h13-47H,48H2,1-12H3. The van der Waals surface area contributed by atoms with Crippen LogP contribution < -0.4 is 14.5 Å². The van der Waals surface area contributed by atoms with Gasteiger partial charge in [-0.25, -0.2) is 4.98 Å². The van der Waals surface area contributed by atoms with Crippen molar-refractivity contribution in [2.75, 3.05) is 16.5 Å². The molecule has 3 aromatic heterocycles. The molecule has 6 nitrogen and oxygen atoms in total. The van der Waals surface area contributed by atoms with Crippen molar-refractivity contribution in [2.24, 2.45) is 0 Å². The normalized spacial score (nSPS) is 13.3. The minimum atomic E-state index is -0.0896. The van der Waals surface area contributed by atoms with Crippen LogP contribution >= 0.6 is 0 Å². The number of anilines is 4. The highest BCUT2D eigenvalue weighted by Gasteiger charge is 2.32. The number of aromatic nitrogens is 3. The van der Waals surface area contributed by atoms with E-state index in [2.05, 4.69) is 308 Å². The van der Waals surface area contributed by atoms with E-state index in [1.165, 1.54) is 50.0 Å². The molecule has 6 heteroatoms. The average Bonchev–Trinajstić information content (AvgIpc) is 3.71. The molecule has 0 bridgehead atoms. The van der Waals surface area contributed by atoms with Gasteiger partial charge in [0.2, 0.25) is 0 Å². The Bertz CT molecular complexity index is 4390. The summed E-state index contributed by atoms with van der Waals surface area (Å²) in [6.07, 6.45) is 1.99. The molecular formula is C76H73N5O. The Labute approximate surface area is 483 Å².